The molecular formula is C28H27Cl2IN6O5S. The minimum Gasteiger partial charge on any atom is -0.464 e. The number of nitrogens with zero attached hydrogens (tertiary/aromatic N) is 5. The van der Waals surface area contributed by atoms with Crippen LogP contribution in [0.25, 0.3) is 16.7 Å². The predicted octanol–water partition coefficient (Wildman–Crippen LogP) is 4.81. The van der Waals surface area contributed by atoms with E-state index in [-0.39, 0.29) is 39.7 Å². The highest BCUT2D eigenvalue weighted by atomic mass is 127. The van der Waals surface area contributed by atoms with Gasteiger partial charge in [-0.25, -0.2) is 8.42 Å². The summed E-state index contributed by atoms with van der Waals surface area (Å²) in [4.78, 5) is 26.2. The maximum absolute atomic E-state index is 13.9. The smallest absolute Gasteiger partial charge is 0.326 e. The number of ether oxygens (including phenoxy) is 1. The van der Waals surface area contributed by atoms with Gasteiger partial charge in [-0.3, -0.25) is 18.5 Å². The van der Waals surface area contributed by atoms with Crippen LogP contribution in [-0.4, -0.2) is 67.8 Å². The van der Waals surface area contributed by atoms with Gasteiger partial charge < -0.3 is 15.0 Å². The zero-order chi connectivity index (χ0) is 30.7. The number of carbonyl (C=O) groups excluding carboxylic acids is 2. The largest absolute Gasteiger partial charge is 0.464 e. The molecule has 0 radical (unpaired) electrons. The summed E-state index contributed by atoms with van der Waals surface area (Å²) >= 11 is 14.4. The molecule has 2 aromatic carbocycles. The Kier molecular flexibility index (Phi) is 9.63. The van der Waals surface area contributed by atoms with Crippen molar-refractivity contribution in [1.82, 2.24) is 20.1 Å². The van der Waals surface area contributed by atoms with E-state index in [1.165, 1.54) is 18.2 Å². The number of hydrogen-bond acceptors (Lipinski definition) is 8. The first kappa shape index (κ1) is 31.3. The van der Waals surface area contributed by atoms with Crippen molar-refractivity contribution in [2.45, 2.75) is 24.7 Å². The average Bonchev–Trinajstić information content (AvgIpc) is 3.31. The van der Waals surface area contributed by atoms with Crippen molar-refractivity contribution >= 4 is 90.1 Å². The van der Waals surface area contributed by atoms with E-state index in [1.807, 2.05) is 34.7 Å². The lowest BCUT2D eigenvalue weighted by atomic mass is 10.2. The van der Waals surface area contributed by atoms with Crippen molar-refractivity contribution in [3.8, 4) is 5.82 Å². The lowest BCUT2D eigenvalue weighted by Crippen LogP contribution is -2.48. The van der Waals surface area contributed by atoms with Gasteiger partial charge in [0.2, 0.25) is 5.91 Å². The van der Waals surface area contributed by atoms with E-state index < -0.39 is 22.5 Å². The van der Waals surface area contributed by atoms with E-state index in [1.54, 1.807) is 18.2 Å². The van der Waals surface area contributed by atoms with Crippen molar-refractivity contribution in [1.29, 1.82) is 0 Å². The summed E-state index contributed by atoms with van der Waals surface area (Å²) in [7, 11) is -4.27. The van der Waals surface area contributed by atoms with Crippen molar-refractivity contribution in [2.75, 3.05) is 42.0 Å². The van der Waals surface area contributed by atoms with E-state index in [0.29, 0.717) is 31.1 Å². The van der Waals surface area contributed by atoms with E-state index in [9.17, 15) is 18.0 Å². The van der Waals surface area contributed by atoms with Crippen molar-refractivity contribution < 1.29 is 22.7 Å². The van der Waals surface area contributed by atoms with Crippen LogP contribution in [0.15, 0.2) is 59.6 Å². The highest BCUT2D eigenvalue weighted by Gasteiger charge is 2.29. The molecule has 0 unspecified atom stereocenters. The number of fused-ring (bicyclic) bond motifs is 1. The van der Waals surface area contributed by atoms with Crippen LogP contribution in [-0.2, 0) is 24.3 Å². The molecule has 1 aliphatic heterocycles. The third kappa shape index (κ3) is 7.00. The molecule has 0 atom stereocenters. The molecule has 11 nitrogen and oxygen atoms in total. The fourth-order valence-corrected chi connectivity index (χ4v) is 7.42. The fraction of sp³-hybridized carbons (Fsp3) is 0.286. The van der Waals surface area contributed by atoms with Crippen molar-refractivity contribution in [2.24, 2.45) is 0 Å². The lowest BCUT2D eigenvalue weighted by molar-refractivity contribution is -0.141. The molecule has 1 fully saturated rings. The Balaban J connectivity index is 1.50. The Morgan fingerprint density at radius 3 is 2.49 bits per heavy atom. The molecule has 4 aromatic rings. The van der Waals surface area contributed by atoms with E-state index in [4.69, 9.17) is 27.9 Å². The van der Waals surface area contributed by atoms with Gasteiger partial charge in [-0.05, 0) is 77.5 Å². The second-order valence-corrected chi connectivity index (χ2v) is 13.7. The number of nitrogens with one attached hydrogen (secondary N) is 1. The van der Waals surface area contributed by atoms with E-state index >= 15 is 0 Å². The minimum atomic E-state index is -4.27. The second-order valence-electron chi connectivity index (χ2n) is 9.76. The normalized spacial score (nSPS) is 13.7. The molecule has 2 aromatic heterocycles. The summed E-state index contributed by atoms with van der Waals surface area (Å²) < 4.78 is 36.7. The van der Waals surface area contributed by atoms with Gasteiger partial charge in [-0.2, -0.15) is 0 Å². The number of halogens is 3. The molecule has 1 saturated heterocycles. The fourth-order valence-electron chi connectivity index (χ4n) is 4.58. The number of carbonyl (C=O) groups is 2. The van der Waals surface area contributed by atoms with Crippen LogP contribution in [0.2, 0.25) is 10.0 Å². The molecule has 1 aliphatic rings. The van der Waals surface area contributed by atoms with Crippen LogP contribution in [0.5, 0.6) is 0 Å². The van der Waals surface area contributed by atoms with Crippen LogP contribution in [0, 0.1) is 3.57 Å². The maximum atomic E-state index is 13.9. The molecule has 1 N–H and O–H groups in total. The molecule has 226 valence electrons. The Morgan fingerprint density at radius 2 is 1.81 bits per heavy atom. The molecule has 43 heavy (non-hydrogen) atoms. The summed E-state index contributed by atoms with van der Waals surface area (Å²) in [6, 6.07) is 12.7. The second kappa shape index (κ2) is 13.2. The first-order valence-electron chi connectivity index (χ1n) is 13.4. The van der Waals surface area contributed by atoms with E-state index in [2.05, 4.69) is 38.1 Å². The van der Waals surface area contributed by atoms with Crippen molar-refractivity contribution in [3.05, 3.63) is 68.3 Å². The maximum Gasteiger partial charge on any atom is 0.326 e. The first-order valence-corrected chi connectivity index (χ1v) is 16.6. The molecule has 0 spiro atoms. The molecular weight excluding hydrogens is 730 g/mol. The Morgan fingerprint density at radius 1 is 1.09 bits per heavy atom. The SMILES string of the molecule is CCCCOC(=O)CN(c1ccc2c(c1)c(I)cn2-c1ccc(N2CCNC(=O)C2)nn1)S(=O)(=O)c1cc(Cl)cc(Cl)c1. The quantitative estimate of drug-likeness (QED) is 0.139. The summed E-state index contributed by atoms with van der Waals surface area (Å²) in [6.45, 7) is 3.01. The Bertz CT molecular complexity index is 1760. The first-order chi connectivity index (χ1) is 20.6. The highest BCUT2D eigenvalue weighted by Crippen LogP contribution is 2.33. The number of aromatic nitrogens is 3. The number of sulfonamides is 1. The topological polar surface area (TPSA) is 127 Å². The number of piperazine rings is 1. The summed E-state index contributed by atoms with van der Waals surface area (Å²) in [5.41, 5.74) is 1.01. The van der Waals surface area contributed by atoms with Crippen LogP contribution in [0.4, 0.5) is 11.5 Å². The average molecular weight is 757 g/mol. The number of hydrogen-bond donors (Lipinski definition) is 1. The van der Waals surface area contributed by atoms with Crippen LogP contribution >= 0.6 is 45.8 Å². The van der Waals surface area contributed by atoms with Gasteiger partial charge in [0, 0.05) is 38.3 Å². The molecule has 15 heteroatoms. The van der Waals surface area contributed by atoms with Crippen molar-refractivity contribution in [3.63, 3.8) is 0 Å². The Hall–Kier alpha value is -3.14. The number of amides is 1. The third-order valence-electron chi connectivity index (χ3n) is 6.73. The van der Waals surface area contributed by atoms with Crippen LogP contribution in [0.3, 0.4) is 0 Å². The third-order valence-corrected chi connectivity index (χ3v) is 9.78. The van der Waals surface area contributed by atoms with Gasteiger partial charge >= 0.3 is 5.97 Å². The van der Waals surface area contributed by atoms with Gasteiger partial charge in [-0.1, -0.05) is 36.5 Å². The highest BCUT2D eigenvalue weighted by molar-refractivity contribution is 14.1. The molecule has 5 rings (SSSR count). The molecule has 1 amide bonds. The number of anilines is 2. The zero-order valence-corrected chi connectivity index (χ0v) is 27.5. The number of unbranched alkanes of at least 4 members (excludes halogenated alkanes) is 1. The molecule has 0 bridgehead atoms. The summed E-state index contributed by atoms with van der Waals surface area (Å²) in [5.74, 6) is 0.393. The Labute approximate surface area is 272 Å². The molecule has 0 saturated carbocycles. The number of rotatable bonds is 10. The monoisotopic (exact) mass is 756 g/mol. The van der Waals surface area contributed by atoms with Gasteiger partial charge in [0.25, 0.3) is 10.0 Å². The number of benzene rings is 2. The van der Waals surface area contributed by atoms with E-state index in [0.717, 1.165) is 25.2 Å². The van der Waals surface area contributed by atoms with Gasteiger partial charge in [0.1, 0.15) is 6.54 Å². The minimum absolute atomic E-state index is 0.0670. The predicted molar refractivity (Wildman–Crippen MR) is 174 cm³/mol. The lowest BCUT2D eigenvalue weighted by Gasteiger charge is -2.27. The van der Waals surface area contributed by atoms with Crippen LogP contribution in [0.1, 0.15) is 19.8 Å². The van der Waals surface area contributed by atoms with Crippen LogP contribution < -0.4 is 14.5 Å². The van der Waals surface area contributed by atoms with Gasteiger partial charge in [0.15, 0.2) is 11.6 Å². The number of esters is 1. The summed E-state index contributed by atoms with van der Waals surface area (Å²) in [5, 5.41) is 12.5. The zero-order valence-electron chi connectivity index (χ0n) is 23.0. The standard InChI is InChI=1S/C28H27Cl2IN6O5S/c1-2-3-10-42-28(39)17-37(43(40,41)21-12-18(29)11-19(30)13-21)20-4-5-24-22(14-20)23(31)15-36(24)26-7-6-25(33-34-26)35-9-8-32-27(38)16-35/h4-7,11-15H,2-3,8-10,16-17H2,1H3,(H,32,38). The van der Waals surface area contributed by atoms with Gasteiger partial charge in [0.05, 0.1) is 29.3 Å². The molecule has 3 heterocycles. The summed E-state index contributed by atoms with van der Waals surface area (Å²) in [6.07, 6.45) is 3.35. The molecule has 0 aliphatic carbocycles. The van der Waals surface area contributed by atoms with Gasteiger partial charge in [-0.15, -0.1) is 10.2 Å².